The Kier molecular flexibility index (Phi) is 9.02. The van der Waals surface area contributed by atoms with Crippen molar-refractivity contribution in [2.75, 3.05) is 0 Å². The molecule has 0 fully saturated rings. The Morgan fingerprint density at radius 1 is 0.871 bits per heavy atom. The number of amides is 3. The van der Waals surface area contributed by atoms with Gasteiger partial charge in [-0.1, -0.05) is 30.3 Å². The highest BCUT2D eigenvalue weighted by atomic mass is 16.6. The Hall–Kier alpha value is -3.10. The quantitative estimate of drug-likeness (QED) is 0.533. The van der Waals surface area contributed by atoms with Gasteiger partial charge in [-0.2, -0.15) is 0 Å². The third-order valence-electron chi connectivity index (χ3n) is 3.74. The van der Waals surface area contributed by atoms with E-state index in [0.29, 0.717) is 0 Å². The fourth-order valence-corrected chi connectivity index (χ4v) is 2.55. The standard InChI is InChI=1S/C22H33N3O6/c1-21(2,3)30-17(26)13-16(25-20(29)31-22(4,5)6)19(28)24-15(18(23)27)12-14-10-8-7-9-11-14/h7-11,15-16H,12-13H2,1-6H3,(H2,23,27)(H,24,28)(H,25,29)/t15-,16+/m1/s1. The highest BCUT2D eigenvalue weighted by Gasteiger charge is 2.31. The molecule has 0 saturated carbocycles. The minimum Gasteiger partial charge on any atom is -0.460 e. The fourth-order valence-electron chi connectivity index (χ4n) is 2.55. The highest BCUT2D eigenvalue weighted by Crippen LogP contribution is 2.12. The molecule has 0 aromatic heterocycles. The van der Waals surface area contributed by atoms with Crippen molar-refractivity contribution >= 4 is 23.9 Å². The van der Waals surface area contributed by atoms with Crippen molar-refractivity contribution in [3.63, 3.8) is 0 Å². The van der Waals surface area contributed by atoms with Gasteiger partial charge in [-0.15, -0.1) is 0 Å². The summed E-state index contributed by atoms with van der Waals surface area (Å²) in [6.07, 6.45) is -1.16. The largest absolute Gasteiger partial charge is 0.460 e. The molecule has 0 radical (unpaired) electrons. The van der Waals surface area contributed by atoms with Crippen LogP contribution in [0.2, 0.25) is 0 Å². The van der Waals surface area contributed by atoms with Gasteiger partial charge in [0, 0.05) is 6.42 Å². The number of primary amides is 1. The molecule has 0 heterocycles. The second-order valence-electron chi connectivity index (χ2n) is 9.14. The zero-order valence-electron chi connectivity index (χ0n) is 19.0. The van der Waals surface area contributed by atoms with Gasteiger partial charge >= 0.3 is 12.1 Å². The van der Waals surface area contributed by atoms with Gasteiger partial charge in [-0.3, -0.25) is 14.4 Å². The van der Waals surface area contributed by atoms with E-state index >= 15 is 0 Å². The van der Waals surface area contributed by atoms with E-state index in [0.717, 1.165) is 5.56 Å². The van der Waals surface area contributed by atoms with Crippen molar-refractivity contribution in [1.29, 1.82) is 0 Å². The number of ether oxygens (including phenoxy) is 2. The van der Waals surface area contributed by atoms with Crippen LogP contribution < -0.4 is 16.4 Å². The van der Waals surface area contributed by atoms with Gasteiger partial charge in [-0.25, -0.2) is 4.79 Å². The van der Waals surface area contributed by atoms with Crippen LogP contribution in [0.1, 0.15) is 53.5 Å². The molecule has 9 heteroatoms. The number of carbonyl (C=O) groups excluding carboxylic acids is 4. The molecule has 1 aromatic rings. The van der Waals surface area contributed by atoms with Crippen molar-refractivity contribution in [1.82, 2.24) is 10.6 Å². The number of carbonyl (C=O) groups is 4. The van der Waals surface area contributed by atoms with Crippen molar-refractivity contribution in [3.8, 4) is 0 Å². The summed E-state index contributed by atoms with van der Waals surface area (Å²) in [5.41, 5.74) is 4.66. The number of hydrogen-bond acceptors (Lipinski definition) is 6. The number of alkyl carbamates (subject to hydrolysis) is 1. The van der Waals surface area contributed by atoms with E-state index in [4.69, 9.17) is 15.2 Å². The molecule has 31 heavy (non-hydrogen) atoms. The minimum atomic E-state index is -1.32. The van der Waals surface area contributed by atoms with E-state index < -0.39 is 53.6 Å². The molecule has 4 N–H and O–H groups in total. The molecule has 3 amide bonds. The monoisotopic (exact) mass is 435 g/mol. The zero-order chi connectivity index (χ0) is 23.8. The van der Waals surface area contributed by atoms with Crippen molar-refractivity contribution in [3.05, 3.63) is 35.9 Å². The first kappa shape index (κ1) is 25.9. The number of hydrogen-bond donors (Lipinski definition) is 3. The minimum absolute atomic E-state index is 0.160. The summed E-state index contributed by atoms with van der Waals surface area (Å²) in [6.45, 7) is 10.0. The maximum atomic E-state index is 12.9. The average molecular weight is 436 g/mol. The lowest BCUT2D eigenvalue weighted by Gasteiger charge is -2.25. The highest BCUT2D eigenvalue weighted by molar-refractivity contribution is 5.93. The lowest BCUT2D eigenvalue weighted by molar-refractivity contribution is -0.156. The summed E-state index contributed by atoms with van der Waals surface area (Å²) < 4.78 is 10.4. The lowest BCUT2D eigenvalue weighted by Crippen LogP contribution is -2.54. The van der Waals surface area contributed by atoms with E-state index in [1.165, 1.54) is 0 Å². The fraction of sp³-hybridized carbons (Fsp3) is 0.545. The van der Waals surface area contributed by atoms with Crippen molar-refractivity contribution < 1.29 is 28.7 Å². The van der Waals surface area contributed by atoms with Crippen molar-refractivity contribution in [2.45, 2.75) is 77.7 Å². The third-order valence-corrected chi connectivity index (χ3v) is 3.74. The summed E-state index contributed by atoms with van der Waals surface area (Å²) in [6, 6.07) is 6.65. The molecular formula is C22H33N3O6. The first-order chi connectivity index (χ1) is 14.2. The van der Waals surface area contributed by atoms with E-state index in [1.54, 1.807) is 65.8 Å². The molecule has 0 unspecified atom stereocenters. The number of nitrogens with one attached hydrogen (secondary N) is 2. The first-order valence-corrected chi connectivity index (χ1v) is 10.0. The van der Waals surface area contributed by atoms with Gasteiger partial charge in [0.2, 0.25) is 11.8 Å². The number of esters is 1. The van der Waals surface area contributed by atoms with Crippen LogP contribution in [-0.2, 0) is 30.3 Å². The maximum absolute atomic E-state index is 12.9. The van der Waals surface area contributed by atoms with E-state index in [9.17, 15) is 19.2 Å². The van der Waals surface area contributed by atoms with E-state index in [2.05, 4.69) is 10.6 Å². The molecule has 0 bridgehead atoms. The summed E-state index contributed by atoms with van der Waals surface area (Å²) >= 11 is 0. The van der Waals surface area contributed by atoms with Gasteiger partial charge in [0.1, 0.15) is 23.3 Å². The maximum Gasteiger partial charge on any atom is 0.408 e. The molecular weight excluding hydrogens is 402 g/mol. The smallest absolute Gasteiger partial charge is 0.408 e. The first-order valence-electron chi connectivity index (χ1n) is 10.0. The number of rotatable bonds is 8. The Bertz CT molecular complexity index is 751. The Labute approximate surface area is 183 Å². The summed E-state index contributed by atoms with van der Waals surface area (Å²) in [7, 11) is 0. The third kappa shape index (κ3) is 11.0. The molecule has 1 rings (SSSR count). The van der Waals surface area contributed by atoms with Gasteiger partial charge in [0.15, 0.2) is 0 Å². The molecule has 1 aromatic carbocycles. The van der Waals surface area contributed by atoms with Gasteiger partial charge in [-0.05, 0) is 47.1 Å². The number of nitrogens with two attached hydrogens (primary N) is 1. The predicted molar refractivity (Wildman–Crippen MR) is 115 cm³/mol. The topological polar surface area (TPSA) is 137 Å². The summed E-state index contributed by atoms with van der Waals surface area (Å²) in [4.78, 5) is 49.2. The van der Waals surface area contributed by atoms with Crippen LogP contribution in [-0.4, -0.2) is 47.2 Å². The molecule has 9 nitrogen and oxygen atoms in total. The van der Waals surface area contributed by atoms with Crippen LogP contribution >= 0.6 is 0 Å². The summed E-state index contributed by atoms with van der Waals surface area (Å²) in [5.74, 6) is -2.19. The van der Waals surface area contributed by atoms with Crippen molar-refractivity contribution in [2.24, 2.45) is 5.73 Å². The Morgan fingerprint density at radius 2 is 1.42 bits per heavy atom. The average Bonchev–Trinajstić information content (AvgIpc) is 2.58. The molecule has 0 saturated heterocycles. The lowest BCUT2D eigenvalue weighted by atomic mass is 10.0. The number of benzene rings is 1. The van der Waals surface area contributed by atoms with Crippen LogP contribution in [0.15, 0.2) is 30.3 Å². The summed E-state index contributed by atoms with van der Waals surface area (Å²) in [5, 5.41) is 4.88. The normalized spacial score (nSPS) is 13.5. The Morgan fingerprint density at radius 3 is 1.90 bits per heavy atom. The van der Waals surface area contributed by atoms with Crippen LogP contribution in [0.25, 0.3) is 0 Å². The van der Waals surface area contributed by atoms with Crippen LogP contribution in [0.4, 0.5) is 4.79 Å². The zero-order valence-corrected chi connectivity index (χ0v) is 19.0. The van der Waals surface area contributed by atoms with Gasteiger partial charge < -0.3 is 25.8 Å². The molecule has 172 valence electrons. The second-order valence-corrected chi connectivity index (χ2v) is 9.14. The van der Waals surface area contributed by atoms with Gasteiger partial charge in [0.25, 0.3) is 0 Å². The molecule has 2 atom stereocenters. The molecule has 0 aliphatic rings. The second kappa shape index (κ2) is 10.8. The van der Waals surface area contributed by atoms with E-state index in [-0.39, 0.29) is 6.42 Å². The van der Waals surface area contributed by atoms with Gasteiger partial charge in [0.05, 0.1) is 6.42 Å². The molecule has 0 aliphatic carbocycles. The molecule has 0 spiro atoms. The molecule has 0 aliphatic heterocycles. The van der Waals surface area contributed by atoms with Crippen LogP contribution in [0.5, 0.6) is 0 Å². The van der Waals surface area contributed by atoms with E-state index in [1.807, 2.05) is 6.07 Å². The van der Waals surface area contributed by atoms with Crippen LogP contribution in [0.3, 0.4) is 0 Å². The predicted octanol–water partition coefficient (Wildman–Crippen LogP) is 1.82. The SMILES string of the molecule is CC(C)(C)OC(=O)C[C@H](NC(=O)OC(C)(C)C)C(=O)N[C@H](Cc1ccccc1)C(N)=O. The Balaban J connectivity index is 2.96. The van der Waals surface area contributed by atoms with Crippen LogP contribution in [0, 0.1) is 0 Å².